The van der Waals surface area contributed by atoms with Crippen molar-refractivity contribution < 1.29 is 19.8 Å². The normalized spacial score (nSPS) is 9.82. The second-order valence-electron chi connectivity index (χ2n) is 3.98. The number of aliphatic carboxylic acids is 2. The molecule has 0 unspecified atom stereocenters. The maximum atomic E-state index is 10.8. The van der Waals surface area contributed by atoms with Crippen LogP contribution in [0.2, 0.25) is 0 Å². The van der Waals surface area contributed by atoms with Crippen LogP contribution in [0.1, 0.15) is 22.3 Å². The van der Waals surface area contributed by atoms with Gasteiger partial charge in [0.25, 0.3) is 0 Å². The molecule has 1 rings (SSSR count). The first-order valence-electron chi connectivity index (χ1n) is 5.09. The lowest BCUT2D eigenvalue weighted by atomic mass is 9.98. The van der Waals surface area contributed by atoms with Crippen molar-refractivity contribution in [3.8, 4) is 0 Å². The fourth-order valence-corrected chi connectivity index (χ4v) is 1.78. The Morgan fingerprint density at radius 3 is 1.76 bits per heavy atom. The van der Waals surface area contributed by atoms with Gasteiger partial charge >= 0.3 is 11.9 Å². The number of hydrogen-bond donors (Lipinski definition) is 2. The highest BCUT2D eigenvalue weighted by atomic mass is 16.4. The Labute approximate surface area is 99.2 Å². The van der Waals surface area contributed by atoms with E-state index in [2.05, 4.69) is 0 Å². The standard InChI is InChI=1S/C13H14O4/c1-7-4-8(2)10(9(3)5-7)6-11(12(14)15)13(16)17/h4-6H,1-3H3,(H,14,15)(H,16,17). The average Bonchev–Trinajstić information content (AvgIpc) is 2.14. The smallest absolute Gasteiger partial charge is 0.343 e. The van der Waals surface area contributed by atoms with Crippen molar-refractivity contribution in [2.75, 3.05) is 0 Å². The van der Waals surface area contributed by atoms with E-state index in [1.54, 1.807) is 0 Å². The van der Waals surface area contributed by atoms with E-state index in [0.29, 0.717) is 5.56 Å². The van der Waals surface area contributed by atoms with Crippen molar-refractivity contribution in [3.05, 3.63) is 40.0 Å². The molecule has 0 aromatic heterocycles. The van der Waals surface area contributed by atoms with Gasteiger partial charge in [-0.25, -0.2) is 9.59 Å². The van der Waals surface area contributed by atoms with E-state index in [1.807, 2.05) is 32.9 Å². The van der Waals surface area contributed by atoms with Crippen LogP contribution < -0.4 is 0 Å². The summed E-state index contributed by atoms with van der Waals surface area (Å²) in [6.07, 6.45) is 1.20. The number of rotatable bonds is 3. The lowest BCUT2D eigenvalue weighted by Gasteiger charge is -2.07. The van der Waals surface area contributed by atoms with Crippen molar-refractivity contribution in [1.82, 2.24) is 0 Å². The third kappa shape index (κ3) is 2.93. The Morgan fingerprint density at radius 2 is 1.41 bits per heavy atom. The summed E-state index contributed by atoms with van der Waals surface area (Å²) in [5, 5.41) is 17.6. The molecule has 0 fully saturated rings. The van der Waals surface area contributed by atoms with Crippen molar-refractivity contribution in [2.24, 2.45) is 0 Å². The van der Waals surface area contributed by atoms with Gasteiger partial charge in [0.05, 0.1) is 0 Å². The molecule has 90 valence electrons. The van der Waals surface area contributed by atoms with Crippen molar-refractivity contribution in [1.29, 1.82) is 0 Å². The minimum absolute atomic E-state index is 0.625. The van der Waals surface area contributed by atoms with Crippen LogP contribution in [-0.2, 0) is 9.59 Å². The molecule has 2 N–H and O–H groups in total. The van der Waals surface area contributed by atoms with Crippen LogP contribution in [0.3, 0.4) is 0 Å². The summed E-state index contributed by atoms with van der Waals surface area (Å²) in [7, 11) is 0. The van der Waals surface area contributed by atoms with Gasteiger partial charge in [-0.1, -0.05) is 17.7 Å². The maximum absolute atomic E-state index is 10.8. The van der Waals surface area contributed by atoms with Gasteiger partial charge in [-0.3, -0.25) is 0 Å². The van der Waals surface area contributed by atoms with Gasteiger partial charge in [0.1, 0.15) is 5.57 Å². The van der Waals surface area contributed by atoms with Crippen molar-refractivity contribution >= 4 is 18.0 Å². The van der Waals surface area contributed by atoms with Gasteiger partial charge in [0.2, 0.25) is 0 Å². The summed E-state index contributed by atoms with van der Waals surface area (Å²) in [6, 6.07) is 3.78. The van der Waals surface area contributed by atoms with Gasteiger partial charge in [-0.2, -0.15) is 0 Å². The Morgan fingerprint density at radius 1 is 1.00 bits per heavy atom. The van der Waals surface area contributed by atoms with E-state index < -0.39 is 17.5 Å². The van der Waals surface area contributed by atoms with E-state index in [1.165, 1.54) is 6.08 Å². The summed E-state index contributed by atoms with van der Waals surface area (Å²) in [4.78, 5) is 21.6. The third-order valence-corrected chi connectivity index (χ3v) is 2.49. The molecule has 0 aliphatic rings. The number of carboxylic acids is 2. The largest absolute Gasteiger partial charge is 0.477 e. The molecule has 1 aromatic carbocycles. The van der Waals surface area contributed by atoms with Crippen LogP contribution in [0.4, 0.5) is 0 Å². The predicted octanol–water partition coefficient (Wildman–Crippen LogP) is 2.16. The molecule has 17 heavy (non-hydrogen) atoms. The highest BCUT2D eigenvalue weighted by molar-refractivity contribution is 6.16. The summed E-state index contributed by atoms with van der Waals surface area (Å²) < 4.78 is 0. The molecule has 0 amide bonds. The minimum Gasteiger partial charge on any atom is -0.477 e. The molecule has 0 atom stereocenters. The summed E-state index contributed by atoms with van der Waals surface area (Å²) in [6.45, 7) is 5.59. The van der Waals surface area contributed by atoms with E-state index in [0.717, 1.165) is 16.7 Å². The van der Waals surface area contributed by atoms with Crippen LogP contribution in [0.5, 0.6) is 0 Å². The first-order chi connectivity index (χ1) is 7.82. The Balaban J connectivity index is 3.39. The van der Waals surface area contributed by atoms with Crippen LogP contribution >= 0.6 is 0 Å². The zero-order valence-corrected chi connectivity index (χ0v) is 9.94. The second kappa shape index (κ2) is 4.82. The monoisotopic (exact) mass is 234 g/mol. The molecule has 0 aliphatic heterocycles. The van der Waals surface area contributed by atoms with Gasteiger partial charge in [-0.15, -0.1) is 0 Å². The SMILES string of the molecule is Cc1cc(C)c(C=C(C(=O)O)C(=O)O)c(C)c1. The quantitative estimate of drug-likeness (QED) is 0.477. The molecule has 0 saturated heterocycles. The lowest BCUT2D eigenvalue weighted by molar-refractivity contribution is -0.139. The molecule has 0 aliphatic carbocycles. The molecule has 0 heterocycles. The Kier molecular flexibility index (Phi) is 3.68. The Bertz CT molecular complexity index is 473. The first kappa shape index (κ1) is 13.0. The molecular formula is C13H14O4. The van der Waals surface area contributed by atoms with E-state index in [9.17, 15) is 9.59 Å². The van der Waals surface area contributed by atoms with Crippen LogP contribution in [0, 0.1) is 20.8 Å². The summed E-state index contributed by atoms with van der Waals surface area (Å²) >= 11 is 0. The fourth-order valence-electron chi connectivity index (χ4n) is 1.78. The van der Waals surface area contributed by atoms with Gasteiger partial charge < -0.3 is 10.2 Å². The van der Waals surface area contributed by atoms with Crippen molar-refractivity contribution in [2.45, 2.75) is 20.8 Å². The van der Waals surface area contributed by atoms with Crippen LogP contribution in [-0.4, -0.2) is 22.2 Å². The second-order valence-corrected chi connectivity index (χ2v) is 3.98. The zero-order chi connectivity index (χ0) is 13.2. The van der Waals surface area contributed by atoms with E-state index in [4.69, 9.17) is 10.2 Å². The third-order valence-electron chi connectivity index (χ3n) is 2.49. The number of aryl methyl sites for hydroxylation is 3. The average molecular weight is 234 g/mol. The first-order valence-corrected chi connectivity index (χ1v) is 5.09. The molecule has 4 heteroatoms. The fraction of sp³-hybridized carbons (Fsp3) is 0.231. The number of hydrogen-bond acceptors (Lipinski definition) is 2. The Hall–Kier alpha value is -2.10. The zero-order valence-electron chi connectivity index (χ0n) is 9.94. The van der Waals surface area contributed by atoms with Gasteiger partial charge in [0, 0.05) is 0 Å². The highest BCUT2D eigenvalue weighted by Gasteiger charge is 2.16. The molecule has 0 radical (unpaired) electrons. The number of benzene rings is 1. The summed E-state index contributed by atoms with van der Waals surface area (Å²) in [5.74, 6) is -2.87. The topological polar surface area (TPSA) is 74.6 Å². The molecule has 0 spiro atoms. The molecule has 0 bridgehead atoms. The van der Waals surface area contributed by atoms with E-state index >= 15 is 0 Å². The maximum Gasteiger partial charge on any atom is 0.343 e. The minimum atomic E-state index is -1.43. The number of carboxylic acid groups (broad SMARTS) is 2. The molecule has 0 saturated carbocycles. The van der Waals surface area contributed by atoms with Gasteiger partial charge in [-0.05, 0) is 43.5 Å². The summed E-state index contributed by atoms with van der Waals surface area (Å²) in [5.41, 5.74) is 2.81. The lowest BCUT2D eigenvalue weighted by Crippen LogP contribution is -2.11. The van der Waals surface area contributed by atoms with Crippen LogP contribution in [0.15, 0.2) is 17.7 Å². The van der Waals surface area contributed by atoms with E-state index in [-0.39, 0.29) is 0 Å². The predicted molar refractivity (Wildman–Crippen MR) is 63.9 cm³/mol. The number of carbonyl (C=O) groups is 2. The van der Waals surface area contributed by atoms with Gasteiger partial charge in [0.15, 0.2) is 0 Å². The molecular weight excluding hydrogens is 220 g/mol. The molecule has 1 aromatic rings. The van der Waals surface area contributed by atoms with Crippen molar-refractivity contribution in [3.63, 3.8) is 0 Å². The molecule has 4 nitrogen and oxygen atoms in total. The van der Waals surface area contributed by atoms with Crippen LogP contribution in [0.25, 0.3) is 6.08 Å². The highest BCUT2D eigenvalue weighted by Crippen LogP contribution is 2.19.